The Morgan fingerprint density at radius 3 is 2.67 bits per heavy atom. The molecule has 2 rings (SSSR count). The number of alkyl halides is 1. The van der Waals surface area contributed by atoms with Gasteiger partial charge >= 0.3 is 0 Å². The minimum Gasteiger partial charge on any atom is -0.207 e. The van der Waals surface area contributed by atoms with Crippen LogP contribution in [-0.2, 0) is 16.8 Å². The predicted octanol–water partition coefficient (Wildman–Crippen LogP) is 2.45. The van der Waals surface area contributed by atoms with E-state index in [-0.39, 0.29) is 18.3 Å². The smallest absolute Gasteiger partial charge is 0.207 e. The highest BCUT2D eigenvalue weighted by atomic mass is 35.5. The number of nitrogens with zero attached hydrogens (tertiary/aromatic N) is 2. The fourth-order valence-electron chi connectivity index (χ4n) is 2.49. The van der Waals surface area contributed by atoms with Crippen molar-refractivity contribution in [1.29, 1.82) is 0 Å². The molecule has 118 valence electrons. The second-order valence-corrected chi connectivity index (χ2v) is 7.75. The monoisotopic (exact) mass is 334 g/mol. The molecule has 0 aliphatic carbocycles. The summed E-state index contributed by atoms with van der Waals surface area (Å²) in [5.74, 6) is 0.368. The topological polar surface area (TPSA) is 40.6 Å². The fourth-order valence-corrected chi connectivity index (χ4v) is 4.21. The van der Waals surface area contributed by atoms with Gasteiger partial charge in [0.25, 0.3) is 10.2 Å². The van der Waals surface area contributed by atoms with Gasteiger partial charge in [-0.15, -0.1) is 11.6 Å². The van der Waals surface area contributed by atoms with Crippen LogP contribution in [0.25, 0.3) is 0 Å². The largest absolute Gasteiger partial charge is 0.282 e. The van der Waals surface area contributed by atoms with Crippen LogP contribution in [0.15, 0.2) is 24.3 Å². The van der Waals surface area contributed by atoms with Gasteiger partial charge in [0.15, 0.2) is 0 Å². The number of benzene rings is 1. The van der Waals surface area contributed by atoms with E-state index in [0.717, 1.165) is 18.4 Å². The van der Waals surface area contributed by atoms with Gasteiger partial charge in [0.2, 0.25) is 0 Å². The lowest BCUT2D eigenvalue weighted by atomic mass is 10.0. The minimum absolute atomic E-state index is 0.217. The standard InChI is InChI=1S/C14H20ClFN2O2S/c1-17(10-12-4-6-14(16)7-5-12)21(19,20)18-8-2-3-13(9-15)11-18/h4-7,13H,2-3,8-11H2,1H3. The van der Waals surface area contributed by atoms with Gasteiger partial charge in [-0.05, 0) is 36.5 Å². The number of hydrogen-bond acceptors (Lipinski definition) is 2. The summed E-state index contributed by atoms with van der Waals surface area (Å²) < 4.78 is 40.8. The number of hydrogen-bond donors (Lipinski definition) is 0. The minimum atomic E-state index is -3.50. The van der Waals surface area contributed by atoms with E-state index in [2.05, 4.69) is 0 Å². The fraction of sp³-hybridized carbons (Fsp3) is 0.571. The molecule has 0 spiro atoms. The molecule has 0 bridgehead atoms. The van der Waals surface area contributed by atoms with Crippen molar-refractivity contribution in [3.8, 4) is 0 Å². The highest BCUT2D eigenvalue weighted by Gasteiger charge is 2.31. The normalized spacial score (nSPS) is 20.9. The zero-order chi connectivity index (χ0) is 15.5. The van der Waals surface area contributed by atoms with E-state index in [1.54, 1.807) is 19.2 Å². The Balaban J connectivity index is 2.05. The van der Waals surface area contributed by atoms with Crippen molar-refractivity contribution < 1.29 is 12.8 Å². The summed E-state index contributed by atoms with van der Waals surface area (Å²) in [5.41, 5.74) is 0.758. The maximum Gasteiger partial charge on any atom is 0.282 e. The van der Waals surface area contributed by atoms with Gasteiger partial charge in [-0.3, -0.25) is 0 Å². The van der Waals surface area contributed by atoms with Crippen molar-refractivity contribution in [1.82, 2.24) is 8.61 Å². The molecule has 1 aliphatic rings. The zero-order valence-corrected chi connectivity index (χ0v) is 13.6. The Morgan fingerprint density at radius 1 is 1.38 bits per heavy atom. The maximum absolute atomic E-state index is 12.9. The van der Waals surface area contributed by atoms with Gasteiger partial charge in [0, 0.05) is 32.6 Å². The first-order valence-electron chi connectivity index (χ1n) is 6.95. The molecule has 4 nitrogen and oxygen atoms in total. The van der Waals surface area contributed by atoms with Crippen molar-refractivity contribution in [2.24, 2.45) is 5.92 Å². The van der Waals surface area contributed by atoms with Gasteiger partial charge in [0.05, 0.1) is 0 Å². The van der Waals surface area contributed by atoms with Crippen molar-refractivity contribution in [2.75, 3.05) is 26.0 Å². The van der Waals surface area contributed by atoms with Crippen LogP contribution in [0.3, 0.4) is 0 Å². The van der Waals surface area contributed by atoms with E-state index in [0.29, 0.717) is 19.0 Å². The molecule has 1 aliphatic heterocycles. The van der Waals surface area contributed by atoms with Crippen molar-refractivity contribution >= 4 is 21.8 Å². The summed E-state index contributed by atoms with van der Waals surface area (Å²) in [6, 6.07) is 5.86. The van der Waals surface area contributed by atoms with Crippen LogP contribution in [0.5, 0.6) is 0 Å². The second kappa shape index (κ2) is 7.05. The lowest BCUT2D eigenvalue weighted by molar-refractivity contribution is 0.265. The summed E-state index contributed by atoms with van der Waals surface area (Å²) >= 11 is 5.85. The molecule has 0 radical (unpaired) electrons. The molecule has 0 amide bonds. The van der Waals surface area contributed by atoms with E-state index in [9.17, 15) is 12.8 Å². The maximum atomic E-state index is 12.9. The Hall–Kier alpha value is -0.690. The van der Waals surface area contributed by atoms with E-state index in [1.165, 1.54) is 20.7 Å². The number of rotatable bonds is 5. The molecule has 0 saturated carbocycles. The third kappa shape index (κ3) is 4.16. The Bertz CT molecular complexity index is 565. The molecule has 1 atom stereocenters. The molecular weight excluding hydrogens is 315 g/mol. The quantitative estimate of drug-likeness (QED) is 0.776. The van der Waals surface area contributed by atoms with Crippen molar-refractivity contribution in [3.63, 3.8) is 0 Å². The highest BCUT2D eigenvalue weighted by Crippen LogP contribution is 2.22. The molecule has 1 fully saturated rings. The van der Waals surface area contributed by atoms with Crippen molar-refractivity contribution in [3.05, 3.63) is 35.6 Å². The van der Waals surface area contributed by atoms with Crippen LogP contribution in [0.1, 0.15) is 18.4 Å². The van der Waals surface area contributed by atoms with Gasteiger partial charge in [0.1, 0.15) is 5.82 Å². The molecule has 1 unspecified atom stereocenters. The van der Waals surface area contributed by atoms with Crippen molar-refractivity contribution in [2.45, 2.75) is 19.4 Å². The summed E-state index contributed by atoms with van der Waals surface area (Å²) in [5, 5.41) is 0. The number of piperidine rings is 1. The summed E-state index contributed by atoms with van der Waals surface area (Å²) in [6.45, 7) is 1.23. The molecule has 0 N–H and O–H groups in total. The Labute approximate surface area is 130 Å². The molecule has 1 heterocycles. The second-order valence-electron chi connectivity index (χ2n) is 5.41. The molecule has 7 heteroatoms. The van der Waals surface area contributed by atoms with Gasteiger partial charge < -0.3 is 0 Å². The summed E-state index contributed by atoms with van der Waals surface area (Å²) in [4.78, 5) is 0. The van der Waals surface area contributed by atoms with Gasteiger partial charge in [-0.2, -0.15) is 17.0 Å². The van der Waals surface area contributed by atoms with Crippen LogP contribution in [0.4, 0.5) is 4.39 Å². The van der Waals surface area contributed by atoms with E-state index >= 15 is 0 Å². The summed E-state index contributed by atoms with van der Waals surface area (Å²) in [6.07, 6.45) is 1.80. The third-order valence-corrected chi connectivity index (χ3v) is 6.08. The summed E-state index contributed by atoms with van der Waals surface area (Å²) in [7, 11) is -1.95. The van der Waals surface area contributed by atoms with Crippen LogP contribution in [0, 0.1) is 11.7 Å². The van der Waals surface area contributed by atoms with E-state index in [1.807, 2.05) is 0 Å². The van der Waals surface area contributed by atoms with E-state index in [4.69, 9.17) is 11.6 Å². The Morgan fingerprint density at radius 2 is 2.05 bits per heavy atom. The van der Waals surface area contributed by atoms with E-state index < -0.39 is 10.2 Å². The lowest BCUT2D eigenvalue weighted by Gasteiger charge is -2.33. The molecule has 1 saturated heterocycles. The average Bonchev–Trinajstić information content (AvgIpc) is 2.49. The van der Waals surface area contributed by atoms with Crippen LogP contribution in [-0.4, -0.2) is 43.0 Å². The number of halogens is 2. The first kappa shape index (κ1) is 16.7. The third-order valence-electron chi connectivity index (χ3n) is 3.74. The van der Waals surface area contributed by atoms with Crippen LogP contribution >= 0.6 is 11.6 Å². The molecular formula is C14H20ClFN2O2S. The highest BCUT2D eigenvalue weighted by molar-refractivity contribution is 7.86. The van der Waals surface area contributed by atoms with Crippen LogP contribution < -0.4 is 0 Å². The predicted molar refractivity (Wildman–Crippen MR) is 81.8 cm³/mol. The molecule has 1 aromatic rings. The SMILES string of the molecule is CN(Cc1ccc(F)cc1)S(=O)(=O)N1CCCC(CCl)C1. The van der Waals surface area contributed by atoms with Crippen LogP contribution in [0.2, 0.25) is 0 Å². The Kier molecular flexibility index (Phi) is 5.60. The van der Waals surface area contributed by atoms with Gasteiger partial charge in [-0.25, -0.2) is 4.39 Å². The molecule has 1 aromatic carbocycles. The molecule has 21 heavy (non-hydrogen) atoms. The first-order valence-corrected chi connectivity index (χ1v) is 8.88. The molecule has 0 aromatic heterocycles. The average molecular weight is 335 g/mol. The first-order chi connectivity index (χ1) is 9.93. The zero-order valence-electron chi connectivity index (χ0n) is 12.0. The van der Waals surface area contributed by atoms with Gasteiger partial charge in [-0.1, -0.05) is 12.1 Å². The lowest BCUT2D eigenvalue weighted by Crippen LogP contribution is -2.46.